The van der Waals surface area contributed by atoms with Crippen LogP contribution in [0.15, 0.2) is 42.5 Å². The molecule has 0 fully saturated rings. The first-order valence-electron chi connectivity index (χ1n) is 12.9. The second-order valence-electron chi connectivity index (χ2n) is 11.4. The average molecular weight is 504 g/mol. The van der Waals surface area contributed by atoms with Gasteiger partial charge in [-0.2, -0.15) is 5.10 Å². The lowest BCUT2D eigenvalue weighted by Crippen LogP contribution is -2.42. The maximum absolute atomic E-state index is 13.3. The second-order valence-corrected chi connectivity index (χ2v) is 11.4. The molecule has 0 saturated heterocycles. The molecular formula is C30H41N5O2. The average Bonchev–Trinajstić information content (AvgIpc) is 3.20. The van der Waals surface area contributed by atoms with Crippen LogP contribution in [0.2, 0.25) is 0 Å². The fourth-order valence-electron chi connectivity index (χ4n) is 4.16. The minimum atomic E-state index is -0.296. The number of rotatable bonds is 7. The molecule has 0 saturated carbocycles. The summed E-state index contributed by atoms with van der Waals surface area (Å²) in [5.74, 6) is 0.509. The number of nitrogens with zero attached hydrogens (tertiary/aromatic N) is 3. The maximum Gasteiger partial charge on any atom is 0.322 e. The number of aryl methyl sites for hydroxylation is 3. The molecule has 2 N–H and O–H groups in total. The van der Waals surface area contributed by atoms with Gasteiger partial charge in [0.2, 0.25) is 5.91 Å². The Balaban J connectivity index is 1.86. The zero-order valence-corrected chi connectivity index (χ0v) is 23.7. The van der Waals surface area contributed by atoms with Gasteiger partial charge in [0.15, 0.2) is 0 Å². The molecule has 3 rings (SSSR count). The van der Waals surface area contributed by atoms with E-state index < -0.39 is 0 Å². The molecule has 0 bridgehead atoms. The van der Waals surface area contributed by atoms with Gasteiger partial charge in [0.1, 0.15) is 12.4 Å². The van der Waals surface area contributed by atoms with Crippen molar-refractivity contribution >= 4 is 23.4 Å². The Kier molecular flexibility index (Phi) is 8.46. The van der Waals surface area contributed by atoms with E-state index in [4.69, 9.17) is 5.10 Å². The Morgan fingerprint density at radius 1 is 0.973 bits per heavy atom. The van der Waals surface area contributed by atoms with E-state index in [1.54, 1.807) is 9.58 Å². The molecular weight excluding hydrogens is 462 g/mol. The smallest absolute Gasteiger partial charge is 0.315 e. The van der Waals surface area contributed by atoms with Gasteiger partial charge in [0, 0.05) is 23.7 Å². The number of carbonyl (C=O) groups is 2. The predicted molar refractivity (Wildman–Crippen MR) is 152 cm³/mol. The number of hydrogen-bond donors (Lipinski definition) is 2. The van der Waals surface area contributed by atoms with Gasteiger partial charge in [-0.3, -0.25) is 4.79 Å². The number of anilines is 2. The largest absolute Gasteiger partial charge is 0.322 e. The van der Waals surface area contributed by atoms with Crippen LogP contribution in [0.4, 0.5) is 16.3 Å². The van der Waals surface area contributed by atoms with Crippen LogP contribution in [-0.4, -0.2) is 39.7 Å². The van der Waals surface area contributed by atoms with Gasteiger partial charge in [0.05, 0.1) is 11.4 Å². The van der Waals surface area contributed by atoms with E-state index in [2.05, 4.69) is 44.4 Å². The molecule has 2 aromatic carbocycles. The van der Waals surface area contributed by atoms with E-state index in [1.807, 2.05) is 71.0 Å². The SMILES string of the molecule is Cc1ccc(-n2nc(C(C)(C)C)cc2NC(=O)CN(CC(C)C)C(=O)Nc2cccc(C)c2C)c(C)c1. The minimum absolute atomic E-state index is 0.0716. The van der Waals surface area contributed by atoms with Gasteiger partial charge in [-0.25, -0.2) is 9.48 Å². The highest BCUT2D eigenvalue weighted by Crippen LogP contribution is 2.28. The van der Waals surface area contributed by atoms with Crippen LogP contribution in [-0.2, 0) is 10.2 Å². The lowest BCUT2D eigenvalue weighted by Gasteiger charge is -2.25. The Morgan fingerprint density at radius 3 is 2.30 bits per heavy atom. The summed E-state index contributed by atoms with van der Waals surface area (Å²) in [6.45, 7) is 18.8. The molecule has 0 atom stereocenters. The Hall–Kier alpha value is -3.61. The third-order valence-electron chi connectivity index (χ3n) is 6.38. The molecule has 1 aromatic heterocycles. The molecule has 198 valence electrons. The summed E-state index contributed by atoms with van der Waals surface area (Å²) in [5, 5.41) is 10.9. The normalized spacial score (nSPS) is 11.5. The number of amides is 3. The van der Waals surface area contributed by atoms with Gasteiger partial charge in [-0.15, -0.1) is 0 Å². The number of urea groups is 1. The summed E-state index contributed by atoms with van der Waals surface area (Å²) in [4.78, 5) is 28.1. The summed E-state index contributed by atoms with van der Waals surface area (Å²) in [7, 11) is 0. The van der Waals surface area contributed by atoms with Crippen LogP contribution in [0.5, 0.6) is 0 Å². The maximum atomic E-state index is 13.3. The molecule has 0 spiro atoms. The van der Waals surface area contributed by atoms with Crippen LogP contribution in [0.3, 0.4) is 0 Å². The van der Waals surface area contributed by atoms with E-state index in [-0.39, 0.29) is 29.8 Å². The number of benzene rings is 2. The Bertz CT molecular complexity index is 1280. The van der Waals surface area contributed by atoms with Crippen LogP contribution in [0.1, 0.15) is 62.6 Å². The first-order valence-corrected chi connectivity index (χ1v) is 12.9. The van der Waals surface area contributed by atoms with Crippen molar-refractivity contribution in [3.63, 3.8) is 0 Å². The standard InChI is InChI=1S/C30H41N5O2/c1-19(2)17-34(29(37)31-24-12-10-11-21(4)23(24)6)18-28(36)32-27-16-26(30(7,8)9)33-35(27)25-14-13-20(3)15-22(25)5/h10-16,19H,17-18H2,1-9H3,(H,31,37)(H,32,36). The lowest BCUT2D eigenvalue weighted by atomic mass is 9.92. The highest BCUT2D eigenvalue weighted by atomic mass is 16.2. The second kappa shape index (κ2) is 11.2. The summed E-state index contributed by atoms with van der Waals surface area (Å²) >= 11 is 0. The molecule has 7 nitrogen and oxygen atoms in total. The lowest BCUT2D eigenvalue weighted by molar-refractivity contribution is -0.116. The van der Waals surface area contributed by atoms with Crippen LogP contribution in [0.25, 0.3) is 5.69 Å². The van der Waals surface area contributed by atoms with Crippen molar-refractivity contribution in [1.29, 1.82) is 0 Å². The molecule has 3 aromatic rings. The number of hydrogen-bond acceptors (Lipinski definition) is 3. The van der Waals surface area contributed by atoms with Crippen LogP contribution >= 0.6 is 0 Å². The topological polar surface area (TPSA) is 79.3 Å². The number of nitrogens with one attached hydrogen (secondary N) is 2. The zero-order chi connectivity index (χ0) is 27.5. The highest BCUT2D eigenvalue weighted by Gasteiger charge is 2.24. The first-order chi connectivity index (χ1) is 17.3. The Labute approximate surface area is 221 Å². The first kappa shape index (κ1) is 28.0. The van der Waals surface area contributed by atoms with Gasteiger partial charge in [-0.1, -0.05) is 64.4 Å². The van der Waals surface area contributed by atoms with E-state index in [0.29, 0.717) is 12.4 Å². The summed E-state index contributed by atoms with van der Waals surface area (Å²) in [6, 6.07) is 13.6. The third-order valence-corrected chi connectivity index (χ3v) is 6.38. The van der Waals surface area contributed by atoms with Crippen molar-refractivity contribution in [3.8, 4) is 5.69 Å². The number of aromatic nitrogens is 2. The van der Waals surface area contributed by atoms with Crippen molar-refractivity contribution in [1.82, 2.24) is 14.7 Å². The number of carbonyl (C=O) groups excluding carboxylic acids is 2. The van der Waals surface area contributed by atoms with E-state index >= 15 is 0 Å². The van der Waals surface area contributed by atoms with E-state index in [0.717, 1.165) is 39.3 Å². The summed E-state index contributed by atoms with van der Waals surface area (Å²) in [6.07, 6.45) is 0. The Morgan fingerprint density at radius 2 is 1.68 bits per heavy atom. The molecule has 0 aliphatic rings. The third kappa shape index (κ3) is 7.00. The molecule has 37 heavy (non-hydrogen) atoms. The minimum Gasteiger partial charge on any atom is -0.315 e. The summed E-state index contributed by atoms with van der Waals surface area (Å²) < 4.78 is 1.79. The van der Waals surface area contributed by atoms with Gasteiger partial charge in [-0.05, 0) is 62.4 Å². The molecule has 7 heteroatoms. The zero-order valence-electron chi connectivity index (χ0n) is 23.7. The van der Waals surface area contributed by atoms with Gasteiger partial charge < -0.3 is 15.5 Å². The fraction of sp³-hybridized carbons (Fsp3) is 0.433. The van der Waals surface area contributed by atoms with Crippen molar-refractivity contribution in [2.45, 2.75) is 67.7 Å². The van der Waals surface area contributed by atoms with Crippen molar-refractivity contribution in [3.05, 3.63) is 70.4 Å². The predicted octanol–water partition coefficient (Wildman–Crippen LogP) is 6.53. The van der Waals surface area contributed by atoms with Crippen molar-refractivity contribution in [2.75, 3.05) is 23.7 Å². The summed E-state index contributed by atoms with van der Waals surface area (Å²) in [5.41, 5.74) is 6.66. The van der Waals surface area contributed by atoms with Crippen LogP contribution < -0.4 is 10.6 Å². The highest BCUT2D eigenvalue weighted by molar-refractivity contribution is 5.97. The van der Waals surface area contributed by atoms with Gasteiger partial charge in [0.25, 0.3) is 0 Å². The van der Waals surface area contributed by atoms with Crippen molar-refractivity contribution < 1.29 is 9.59 Å². The fourth-order valence-corrected chi connectivity index (χ4v) is 4.16. The molecule has 1 heterocycles. The monoisotopic (exact) mass is 503 g/mol. The molecule has 0 radical (unpaired) electrons. The molecule has 0 unspecified atom stereocenters. The van der Waals surface area contributed by atoms with Gasteiger partial charge >= 0.3 is 6.03 Å². The quantitative estimate of drug-likeness (QED) is 0.385. The van der Waals surface area contributed by atoms with Crippen molar-refractivity contribution in [2.24, 2.45) is 5.92 Å². The molecule has 0 aliphatic carbocycles. The van der Waals surface area contributed by atoms with E-state index in [1.165, 1.54) is 0 Å². The molecule has 3 amide bonds. The van der Waals surface area contributed by atoms with E-state index in [9.17, 15) is 9.59 Å². The molecule has 0 aliphatic heterocycles. The van der Waals surface area contributed by atoms with Crippen LogP contribution in [0, 0.1) is 33.6 Å².